The lowest BCUT2D eigenvalue weighted by atomic mass is 9.58. The van der Waals surface area contributed by atoms with Gasteiger partial charge in [-0.15, -0.1) is 0 Å². The molecule has 0 aromatic rings. The van der Waals surface area contributed by atoms with E-state index in [4.69, 9.17) is 0 Å². The molecule has 0 heterocycles. The minimum Gasteiger partial charge on any atom is -0.0996 e. The molecule has 0 spiro atoms. The summed E-state index contributed by atoms with van der Waals surface area (Å²) in [5.41, 5.74) is 3.13. The van der Waals surface area contributed by atoms with Crippen molar-refractivity contribution in [2.45, 2.75) is 66.2 Å². The Bertz CT molecular complexity index is 268. The Kier molecular flexibility index (Phi) is 2.34. The molecule has 0 atom stereocenters. The van der Waals surface area contributed by atoms with E-state index >= 15 is 0 Å². The van der Waals surface area contributed by atoms with Gasteiger partial charge in [-0.25, -0.2) is 0 Å². The summed E-state index contributed by atoms with van der Waals surface area (Å²) >= 11 is 0. The highest BCUT2D eigenvalue weighted by molar-refractivity contribution is 5.23. The summed E-state index contributed by atoms with van der Waals surface area (Å²) in [4.78, 5) is 0. The van der Waals surface area contributed by atoms with E-state index in [9.17, 15) is 0 Å². The predicted molar refractivity (Wildman–Crippen MR) is 66.8 cm³/mol. The van der Waals surface area contributed by atoms with Crippen molar-refractivity contribution in [3.8, 4) is 0 Å². The van der Waals surface area contributed by atoms with E-state index in [0.29, 0.717) is 16.2 Å². The molecule has 86 valence electrons. The topological polar surface area (TPSA) is 0 Å². The lowest BCUT2D eigenvalue weighted by Crippen LogP contribution is -2.36. The lowest BCUT2D eigenvalue weighted by molar-refractivity contribution is 0.0628. The molecular weight excluding hydrogens is 180 g/mol. The Balaban J connectivity index is 2.13. The molecule has 2 fully saturated rings. The summed E-state index contributed by atoms with van der Waals surface area (Å²) in [5.74, 6) is 0. The normalized spacial score (nSPS) is 30.9. The molecular formula is C15H26. The van der Waals surface area contributed by atoms with E-state index in [2.05, 4.69) is 34.3 Å². The zero-order valence-corrected chi connectivity index (χ0v) is 10.9. The van der Waals surface area contributed by atoms with Crippen LogP contribution in [0.2, 0.25) is 0 Å². The zero-order chi connectivity index (χ0) is 11.3. The maximum Gasteiger partial charge on any atom is -0.00391 e. The average molecular weight is 206 g/mol. The molecule has 2 aliphatic carbocycles. The van der Waals surface area contributed by atoms with Gasteiger partial charge in [0.2, 0.25) is 0 Å². The fraction of sp³-hybridized carbons (Fsp3) is 0.867. The van der Waals surface area contributed by atoms with Crippen LogP contribution in [0.1, 0.15) is 66.2 Å². The molecule has 15 heavy (non-hydrogen) atoms. The SMILES string of the molecule is C=C(C)C1(C2(C)CCC(C)(C)CC2)CC1. The fourth-order valence-electron chi connectivity index (χ4n) is 3.63. The molecule has 0 bridgehead atoms. The van der Waals surface area contributed by atoms with E-state index in [-0.39, 0.29) is 0 Å². The van der Waals surface area contributed by atoms with Gasteiger partial charge in [0.1, 0.15) is 0 Å². The van der Waals surface area contributed by atoms with E-state index in [1.54, 1.807) is 0 Å². The highest BCUT2D eigenvalue weighted by Gasteiger charge is 2.57. The van der Waals surface area contributed by atoms with Gasteiger partial charge < -0.3 is 0 Å². The van der Waals surface area contributed by atoms with Gasteiger partial charge in [0.25, 0.3) is 0 Å². The first-order valence-corrected chi connectivity index (χ1v) is 6.47. The van der Waals surface area contributed by atoms with E-state index in [1.807, 2.05) is 0 Å². The van der Waals surface area contributed by atoms with Crippen molar-refractivity contribution in [2.24, 2.45) is 16.2 Å². The summed E-state index contributed by atoms with van der Waals surface area (Å²) in [6.07, 6.45) is 8.43. The van der Waals surface area contributed by atoms with E-state index < -0.39 is 0 Å². The van der Waals surface area contributed by atoms with Gasteiger partial charge >= 0.3 is 0 Å². The van der Waals surface area contributed by atoms with Gasteiger partial charge in [-0.1, -0.05) is 32.9 Å². The van der Waals surface area contributed by atoms with Crippen LogP contribution < -0.4 is 0 Å². The van der Waals surface area contributed by atoms with Crippen molar-refractivity contribution in [3.05, 3.63) is 12.2 Å². The van der Waals surface area contributed by atoms with Gasteiger partial charge in [-0.3, -0.25) is 0 Å². The monoisotopic (exact) mass is 206 g/mol. The van der Waals surface area contributed by atoms with Crippen molar-refractivity contribution < 1.29 is 0 Å². The third kappa shape index (κ3) is 1.66. The van der Waals surface area contributed by atoms with Crippen LogP contribution in [0, 0.1) is 16.2 Å². The third-order valence-corrected chi connectivity index (χ3v) is 5.43. The first kappa shape index (κ1) is 11.2. The number of rotatable bonds is 2. The third-order valence-electron chi connectivity index (χ3n) is 5.43. The molecule has 2 aliphatic rings. The van der Waals surface area contributed by atoms with Gasteiger partial charge in [0.05, 0.1) is 0 Å². The molecule has 2 rings (SSSR count). The Morgan fingerprint density at radius 3 is 1.67 bits per heavy atom. The van der Waals surface area contributed by atoms with Gasteiger partial charge in [0.15, 0.2) is 0 Å². The predicted octanol–water partition coefficient (Wildman–Crippen LogP) is 4.95. The highest BCUT2D eigenvalue weighted by Crippen LogP contribution is 2.68. The first-order valence-electron chi connectivity index (χ1n) is 6.47. The fourth-order valence-corrected chi connectivity index (χ4v) is 3.63. The summed E-state index contributed by atoms with van der Waals surface area (Å²) in [6, 6.07) is 0. The van der Waals surface area contributed by atoms with Crippen LogP contribution in [0.3, 0.4) is 0 Å². The summed E-state index contributed by atoms with van der Waals surface area (Å²) < 4.78 is 0. The van der Waals surface area contributed by atoms with Crippen LogP contribution in [-0.2, 0) is 0 Å². The van der Waals surface area contributed by atoms with Crippen LogP contribution in [0.15, 0.2) is 12.2 Å². The highest BCUT2D eigenvalue weighted by atomic mass is 14.6. The summed E-state index contributed by atoms with van der Waals surface area (Å²) in [5, 5.41) is 0. The molecule has 0 aromatic heterocycles. The Hall–Kier alpha value is -0.260. The number of hydrogen-bond acceptors (Lipinski definition) is 0. The van der Waals surface area contributed by atoms with Crippen molar-refractivity contribution in [1.82, 2.24) is 0 Å². The molecule has 0 aliphatic heterocycles. The minimum atomic E-state index is 0.531. The van der Waals surface area contributed by atoms with Crippen LogP contribution in [0.4, 0.5) is 0 Å². The Labute approximate surface area is 95.1 Å². The largest absolute Gasteiger partial charge is 0.0996 e. The minimum absolute atomic E-state index is 0.531. The van der Waals surface area contributed by atoms with E-state index in [0.717, 1.165) is 0 Å². The molecule has 0 amide bonds. The van der Waals surface area contributed by atoms with Crippen LogP contribution in [0.5, 0.6) is 0 Å². The second-order valence-electron chi connectivity index (χ2n) is 7.09. The second-order valence-corrected chi connectivity index (χ2v) is 7.09. The Morgan fingerprint density at radius 2 is 1.33 bits per heavy atom. The van der Waals surface area contributed by atoms with Gasteiger partial charge in [0, 0.05) is 0 Å². The molecule has 0 heteroatoms. The molecule has 0 radical (unpaired) electrons. The van der Waals surface area contributed by atoms with Crippen molar-refractivity contribution in [2.75, 3.05) is 0 Å². The molecule has 0 unspecified atom stereocenters. The zero-order valence-electron chi connectivity index (χ0n) is 10.9. The first-order chi connectivity index (χ1) is 6.81. The quantitative estimate of drug-likeness (QED) is 0.561. The summed E-state index contributed by atoms with van der Waals surface area (Å²) in [7, 11) is 0. The smallest absolute Gasteiger partial charge is 0.00391 e. The number of allylic oxidation sites excluding steroid dienone is 1. The Morgan fingerprint density at radius 1 is 0.867 bits per heavy atom. The van der Waals surface area contributed by atoms with Crippen molar-refractivity contribution in [3.63, 3.8) is 0 Å². The molecule has 0 saturated heterocycles. The summed E-state index contributed by atoms with van der Waals surface area (Å²) in [6.45, 7) is 13.9. The molecule has 0 aromatic carbocycles. The maximum absolute atomic E-state index is 4.25. The van der Waals surface area contributed by atoms with Crippen LogP contribution >= 0.6 is 0 Å². The van der Waals surface area contributed by atoms with Crippen LogP contribution in [-0.4, -0.2) is 0 Å². The average Bonchev–Trinajstić information content (AvgIpc) is 2.91. The number of hydrogen-bond donors (Lipinski definition) is 0. The molecule has 0 nitrogen and oxygen atoms in total. The van der Waals surface area contributed by atoms with Crippen molar-refractivity contribution >= 4 is 0 Å². The second kappa shape index (κ2) is 3.12. The molecule has 2 saturated carbocycles. The van der Waals surface area contributed by atoms with Crippen molar-refractivity contribution in [1.29, 1.82) is 0 Å². The molecule has 0 N–H and O–H groups in total. The lowest BCUT2D eigenvalue weighted by Gasteiger charge is -2.47. The van der Waals surface area contributed by atoms with Crippen LogP contribution in [0.25, 0.3) is 0 Å². The van der Waals surface area contributed by atoms with Gasteiger partial charge in [-0.05, 0) is 61.7 Å². The maximum atomic E-state index is 4.25. The van der Waals surface area contributed by atoms with Gasteiger partial charge in [-0.2, -0.15) is 0 Å². The van der Waals surface area contributed by atoms with E-state index in [1.165, 1.54) is 44.1 Å². The standard InChI is InChI=1S/C15H26/c1-12(2)15(10-11-15)14(5)8-6-13(3,4)7-9-14/h1,6-11H2,2-5H3.